The molecule has 2 N–H and O–H groups in total. The lowest BCUT2D eigenvalue weighted by molar-refractivity contribution is 0.627. The highest BCUT2D eigenvalue weighted by molar-refractivity contribution is 5.44. The molecule has 0 bridgehead atoms. The first-order chi connectivity index (χ1) is 5.24. The van der Waals surface area contributed by atoms with Crippen LogP contribution in [0.5, 0.6) is 0 Å². The molecule has 0 radical (unpaired) electrons. The number of benzene rings is 1. The van der Waals surface area contributed by atoms with Crippen molar-refractivity contribution in [3.8, 4) is 0 Å². The van der Waals surface area contributed by atoms with Crippen LogP contribution in [0.4, 0.5) is 10.1 Å². The Morgan fingerprint density at radius 2 is 1.91 bits per heavy atom. The fourth-order valence-electron chi connectivity index (χ4n) is 0.801. The van der Waals surface area contributed by atoms with Crippen molar-refractivity contribution in [3.63, 3.8) is 0 Å². The van der Waals surface area contributed by atoms with Crippen LogP contribution < -0.4 is 10.6 Å². The van der Waals surface area contributed by atoms with Crippen molar-refractivity contribution in [3.05, 3.63) is 30.1 Å². The first kappa shape index (κ1) is 8.01. The van der Waals surface area contributed by atoms with Gasteiger partial charge in [-0.2, -0.15) is 0 Å². The molecule has 0 aliphatic rings. The quantitative estimate of drug-likeness (QED) is 0.648. The average molecular weight is 154 g/mol. The van der Waals surface area contributed by atoms with Crippen LogP contribution in [0.25, 0.3) is 0 Å². The summed E-state index contributed by atoms with van der Waals surface area (Å²) in [5, 5.41) is 0. The Morgan fingerprint density at radius 3 is 2.36 bits per heavy atom. The van der Waals surface area contributed by atoms with Crippen LogP contribution in [0.2, 0.25) is 0 Å². The first-order valence-corrected chi connectivity index (χ1v) is 3.41. The Balaban J connectivity index is 2.81. The number of anilines is 1. The minimum Gasteiger partial charge on any atom is -0.362 e. The average Bonchev–Trinajstić information content (AvgIpc) is 2.05. The number of nitrogens with two attached hydrogens (primary N) is 1. The van der Waals surface area contributed by atoms with Crippen LogP contribution in [0.1, 0.15) is 0 Å². The van der Waals surface area contributed by atoms with E-state index in [9.17, 15) is 4.39 Å². The third-order valence-corrected chi connectivity index (χ3v) is 1.54. The van der Waals surface area contributed by atoms with E-state index in [0.29, 0.717) is 6.67 Å². The second-order valence-corrected chi connectivity index (χ2v) is 2.36. The van der Waals surface area contributed by atoms with E-state index >= 15 is 0 Å². The minimum absolute atomic E-state index is 0.223. The summed E-state index contributed by atoms with van der Waals surface area (Å²) in [5.41, 5.74) is 6.30. The second kappa shape index (κ2) is 3.34. The Kier molecular flexibility index (Phi) is 2.44. The van der Waals surface area contributed by atoms with Gasteiger partial charge in [0.1, 0.15) is 5.82 Å². The fraction of sp³-hybridized carbons (Fsp3) is 0.250. The van der Waals surface area contributed by atoms with Gasteiger partial charge in [0.15, 0.2) is 0 Å². The van der Waals surface area contributed by atoms with Crippen LogP contribution >= 0.6 is 0 Å². The van der Waals surface area contributed by atoms with Crippen molar-refractivity contribution in [1.82, 2.24) is 0 Å². The number of hydrogen-bond donors (Lipinski definition) is 1. The van der Waals surface area contributed by atoms with Gasteiger partial charge in [-0.1, -0.05) is 0 Å². The highest BCUT2D eigenvalue weighted by Gasteiger charge is 1.96. The monoisotopic (exact) mass is 154 g/mol. The molecule has 1 aromatic rings. The van der Waals surface area contributed by atoms with E-state index in [0.717, 1.165) is 5.69 Å². The lowest BCUT2D eigenvalue weighted by Gasteiger charge is -2.15. The fourth-order valence-corrected chi connectivity index (χ4v) is 0.801. The molecule has 0 amide bonds. The van der Waals surface area contributed by atoms with Crippen LogP contribution in [0.15, 0.2) is 24.3 Å². The number of rotatable bonds is 2. The molecule has 3 heteroatoms. The molecule has 0 heterocycles. The van der Waals surface area contributed by atoms with Crippen molar-refractivity contribution in [2.45, 2.75) is 0 Å². The molecule has 0 saturated heterocycles. The lowest BCUT2D eigenvalue weighted by atomic mass is 10.3. The van der Waals surface area contributed by atoms with Gasteiger partial charge < -0.3 is 10.6 Å². The van der Waals surface area contributed by atoms with E-state index in [2.05, 4.69) is 0 Å². The lowest BCUT2D eigenvalue weighted by Crippen LogP contribution is -2.24. The van der Waals surface area contributed by atoms with Gasteiger partial charge in [0.25, 0.3) is 0 Å². The molecule has 0 unspecified atom stereocenters. The summed E-state index contributed by atoms with van der Waals surface area (Å²) in [6.45, 7) is 0.436. The van der Waals surface area contributed by atoms with E-state index in [1.165, 1.54) is 12.1 Å². The van der Waals surface area contributed by atoms with Gasteiger partial charge in [0.05, 0.1) is 6.67 Å². The molecule has 60 valence electrons. The SMILES string of the molecule is CN(CN)c1ccc(F)cc1. The summed E-state index contributed by atoms with van der Waals surface area (Å²) in [6.07, 6.45) is 0. The maximum Gasteiger partial charge on any atom is 0.123 e. The first-order valence-electron chi connectivity index (χ1n) is 3.41. The molecule has 0 aromatic heterocycles. The molecule has 0 saturated carbocycles. The predicted octanol–water partition coefficient (Wildman–Crippen LogP) is 1.18. The third-order valence-electron chi connectivity index (χ3n) is 1.54. The molecule has 2 nitrogen and oxygen atoms in total. The van der Waals surface area contributed by atoms with Crippen molar-refractivity contribution in [2.75, 3.05) is 18.6 Å². The summed E-state index contributed by atoms with van der Waals surface area (Å²) in [5.74, 6) is -0.223. The molecule has 0 spiro atoms. The third kappa shape index (κ3) is 1.91. The highest BCUT2D eigenvalue weighted by atomic mass is 19.1. The van der Waals surface area contributed by atoms with Crippen molar-refractivity contribution in [1.29, 1.82) is 0 Å². The van der Waals surface area contributed by atoms with Gasteiger partial charge in [-0.25, -0.2) is 4.39 Å². The topological polar surface area (TPSA) is 29.3 Å². The van der Waals surface area contributed by atoms with Crippen molar-refractivity contribution >= 4 is 5.69 Å². The minimum atomic E-state index is -0.223. The van der Waals surface area contributed by atoms with Gasteiger partial charge in [0, 0.05) is 12.7 Å². The van der Waals surface area contributed by atoms with Gasteiger partial charge in [-0.3, -0.25) is 0 Å². The van der Waals surface area contributed by atoms with Gasteiger partial charge >= 0.3 is 0 Å². The molecule has 0 aliphatic heterocycles. The van der Waals surface area contributed by atoms with Gasteiger partial charge in [0.2, 0.25) is 0 Å². The smallest absolute Gasteiger partial charge is 0.123 e. The highest BCUT2D eigenvalue weighted by Crippen LogP contribution is 2.11. The zero-order valence-electron chi connectivity index (χ0n) is 6.42. The molecule has 11 heavy (non-hydrogen) atoms. The van der Waals surface area contributed by atoms with Crippen molar-refractivity contribution < 1.29 is 4.39 Å². The summed E-state index contributed by atoms with van der Waals surface area (Å²) >= 11 is 0. The molecule has 1 aromatic carbocycles. The zero-order chi connectivity index (χ0) is 8.27. The Hall–Kier alpha value is -1.09. The van der Waals surface area contributed by atoms with E-state index in [-0.39, 0.29) is 5.82 Å². The van der Waals surface area contributed by atoms with Gasteiger partial charge in [-0.05, 0) is 24.3 Å². The summed E-state index contributed by atoms with van der Waals surface area (Å²) in [6, 6.07) is 6.23. The maximum absolute atomic E-state index is 12.4. The normalized spacial score (nSPS) is 9.73. The number of halogens is 1. The van der Waals surface area contributed by atoms with Crippen LogP contribution in [-0.2, 0) is 0 Å². The Morgan fingerprint density at radius 1 is 1.36 bits per heavy atom. The predicted molar refractivity (Wildman–Crippen MR) is 43.9 cm³/mol. The van der Waals surface area contributed by atoms with Crippen LogP contribution in [-0.4, -0.2) is 13.7 Å². The maximum atomic E-state index is 12.4. The molecule has 0 atom stereocenters. The van der Waals surface area contributed by atoms with Gasteiger partial charge in [-0.15, -0.1) is 0 Å². The molecular formula is C8H11FN2. The van der Waals surface area contributed by atoms with E-state index in [1.807, 2.05) is 11.9 Å². The van der Waals surface area contributed by atoms with E-state index in [1.54, 1.807) is 12.1 Å². The standard InChI is InChI=1S/C8H11FN2/c1-11(6-10)8-4-2-7(9)3-5-8/h2-5H,6,10H2,1H3. The van der Waals surface area contributed by atoms with Crippen LogP contribution in [0.3, 0.4) is 0 Å². The zero-order valence-corrected chi connectivity index (χ0v) is 6.42. The molecular weight excluding hydrogens is 143 g/mol. The molecule has 0 fully saturated rings. The van der Waals surface area contributed by atoms with Crippen molar-refractivity contribution in [2.24, 2.45) is 5.73 Å². The largest absolute Gasteiger partial charge is 0.362 e. The van der Waals surface area contributed by atoms with E-state index in [4.69, 9.17) is 5.73 Å². The summed E-state index contributed by atoms with van der Waals surface area (Å²) in [4.78, 5) is 1.83. The number of hydrogen-bond acceptors (Lipinski definition) is 2. The molecule has 0 aliphatic carbocycles. The van der Waals surface area contributed by atoms with E-state index < -0.39 is 0 Å². The summed E-state index contributed by atoms with van der Waals surface area (Å²) in [7, 11) is 1.85. The Labute approximate surface area is 65.4 Å². The molecule has 1 rings (SSSR count). The number of nitrogens with zero attached hydrogens (tertiary/aromatic N) is 1. The van der Waals surface area contributed by atoms with Crippen LogP contribution in [0, 0.1) is 5.82 Å². The second-order valence-electron chi connectivity index (χ2n) is 2.36. The Bertz CT molecular complexity index is 220. The summed E-state index contributed by atoms with van der Waals surface area (Å²) < 4.78 is 12.4.